The number of sulfonamides is 1. The number of hydrogen-bond donors (Lipinski definition) is 2. The van der Waals surface area contributed by atoms with E-state index in [4.69, 9.17) is 0 Å². The van der Waals surface area contributed by atoms with E-state index in [9.17, 15) is 13.5 Å². The van der Waals surface area contributed by atoms with Crippen molar-refractivity contribution in [1.82, 2.24) is 4.72 Å². The molecule has 0 bridgehead atoms. The van der Waals surface area contributed by atoms with Crippen molar-refractivity contribution in [1.29, 1.82) is 0 Å². The highest BCUT2D eigenvalue weighted by Crippen LogP contribution is 2.35. The maximum atomic E-state index is 12.3. The number of benzene rings is 1. The Labute approximate surface area is 127 Å². The minimum Gasteiger partial charge on any atom is -0.396 e. The Morgan fingerprint density at radius 1 is 1.14 bits per heavy atom. The second-order valence-corrected chi connectivity index (χ2v) is 7.81. The molecule has 118 valence electrons. The molecule has 0 aromatic heterocycles. The van der Waals surface area contributed by atoms with E-state index in [0.717, 1.165) is 37.7 Å². The Balaban J connectivity index is 2.06. The molecule has 1 fully saturated rings. The fourth-order valence-electron chi connectivity index (χ4n) is 2.93. The first-order chi connectivity index (χ1) is 10.0. The molecule has 1 aromatic carbocycles. The maximum absolute atomic E-state index is 12.3. The number of hydrogen-bond acceptors (Lipinski definition) is 3. The van der Waals surface area contributed by atoms with Crippen LogP contribution in [0.4, 0.5) is 0 Å². The van der Waals surface area contributed by atoms with Gasteiger partial charge < -0.3 is 5.11 Å². The van der Waals surface area contributed by atoms with Crippen LogP contribution in [0, 0.1) is 5.41 Å². The third-order valence-corrected chi connectivity index (χ3v) is 5.95. The largest absolute Gasteiger partial charge is 0.396 e. The van der Waals surface area contributed by atoms with Crippen molar-refractivity contribution in [3.05, 3.63) is 29.8 Å². The number of rotatable bonds is 6. The number of aliphatic hydroxyl groups excluding tert-OH is 1. The van der Waals surface area contributed by atoms with E-state index >= 15 is 0 Å². The first kappa shape index (κ1) is 16.5. The second kappa shape index (κ2) is 6.90. The molecule has 0 spiro atoms. The minimum absolute atomic E-state index is 0.0459. The zero-order valence-electron chi connectivity index (χ0n) is 12.6. The van der Waals surface area contributed by atoms with Crippen LogP contribution < -0.4 is 4.72 Å². The predicted octanol–water partition coefficient (Wildman–Crippen LogP) is 2.47. The van der Waals surface area contributed by atoms with Crippen molar-refractivity contribution in [2.24, 2.45) is 5.41 Å². The quantitative estimate of drug-likeness (QED) is 0.848. The van der Waals surface area contributed by atoms with Gasteiger partial charge in [0.25, 0.3) is 0 Å². The van der Waals surface area contributed by atoms with E-state index in [1.54, 1.807) is 12.1 Å². The van der Waals surface area contributed by atoms with Gasteiger partial charge in [0, 0.05) is 18.6 Å². The second-order valence-electron chi connectivity index (χ2n) is 6.04. The lowest BCUT2D eigenvalue weighted by molar-refractivity contribution is 0.0867. The molecule has 0 saturated heterocycles. The summed E-state index contributed by atoms with van der Waals surface area (Å²) < 4.78 is 27.4. The molecule has 5 heteroatoms. The summed E-state index contributed by atoms with van der Waals surface area (Å²) >= 11 is 0. The van der Waals surface area contributed by atoms with Crippen molar-refractivity contribution in [2.75, 3.05) is 13.2 Å². The molecule has 4 nitrogen and oxygen atoms in total. The normalized spacial score (nSPS) is 18.6. The summed E-state index contributed by atoms with van der Waals surface area (Å²) in [5.41, 5.74) is 0.836. The summed E-state index contributed by atoms with van der Waals surface area (Å²) in [6.45, 7) is 2.40. The summed E-state index contributed by atoms with van der Waals surface area (Å²) in [5.74, 6) is 0. The molecule has 1 saturated carbocycles. The Kier molecular flexibility index (Phi) is 5.41. The monoisotopic (exact) mass is 311 g/mol. The van der Waals surface area contributed by atoms with Gasteiger partial charge in [-0.15, -0.1) is 0 Å². The van der Waals surface area contributed by atoms with Gasteiger partial charge in [-0.05, 0) is 37.0 Å². The summed E-state index contributed by atoms with van der Waals surface area (Å²) in [6.07, 6.45) is 5.97. The molecular weight excluding hydrogens is 286 g/mol. The highest BCUT2D eigenvalue weighted by molar-refractivity contribution is 7.89. The minimum atomic E-state index is -3.49. The molecule has 1 aliphatic rings. The van der Waals surface area contributed by atoms with Crippen LogP contribution in [0.2, 0.25) is 0 Å². The van der Waals surface area contributed by atoms with E-state index in [0.29, 0.717) is 11.4 Å². The topological polar surface area (TPSA) is 66.4 Å². The maximum Gasteiger partial charge on any atom is 0.240 e. The third-order valence-electron chi connectivity index (χ3n) is 4.53. The molecule has 2 rings (SSSR count). The van der Waals surface area contributed by atoms with Gasteiger partial charge in [0.2, 0.25) is 10.0 Å². The average Bonchev–Trinajstić information content (AvgIpc) is 2.54. The third kappa shape index (κ3) is 4.05. The van der Waals surface area contributed by atoms with E-state index in [2.05, 4.69) is 4.72 Å². The van der Waals surface area contributed by atoms with Crippen LogP contribution in [-0.2, 0) is 16.4 Å². The van der Waals surface area contributed by atoms with Gasteiger partial charge in [-0.2, -0.15) is 0 Å². The zero-order chi connectivity index (χ0) is 15.3. The van der Waals surface area contributed by atoms with Crippen molar-refractivity contribution < 1.29 is 13.5 Å². The molecular formula is C16H25NO3S. The standard InChI is InChI=1S/C16H25NO3S/c1-2-14-6-8-15(9-7-14)21(19,20)17-12-16(13-18)10-4-3-5-11-16/h6-9,17-18H,2-5,10-13H2,1H3. The van der Waals surface area contributed by atoms with Crippen LogP contribution in [0.3, 0.4) is 0 Å². The smallest absolute Gasteiger partial charge is 0.240 e. The Morgan fingerprint density at radius 3 is 2.29 bits per heavy atom. The van der Waals surface area contributed by atoms with Gasteiger partial charge in [0.05, 0.1) is 4.90 Å². The van der Waals surface area contributed by atoms with Crippen LogP contribution in [0.25, 0.3) is 0 Å². The van der Waals surface area contributed by atoms with Crippen LogP contribution in [0.1, 0.15) is 44.6 Å². The molecule has 1 aliphatic carbocycles. The van der Waals surface area contributed by atoms with E-state index in [-0.39, 0.29) is 12.0 Å². The lowest BCUT2D eigenvalue weighted by Crippen LogP contribution is -2.41. The first-order valence-corrected chi connectivity index (χ1v) is 9.19. The van der Waals surface area contributed by atoms with Crippen molar-refractivity contribution >= 4 is 10.0 Å². The molecule has 0 heterocycles. The lowest BCUT2D eigenvalue weighted by atomic mass is 9.75. The fourth-order valence-corrected chi connectivity index (χ4v) is 4.09. The Morgan fingerprint density at radius 2 is 1.76 bits per heavy atom. The molecule has 0 atom stereocenters. The van der Waals surface area contributed by atoms with Crippen LogP contribution in [0.15, 0.2) is 29.2 Å². The summed E-state index contributed by atoms with van der Waals surface area (Å²) in [7, 11) is -3.49. The van der Waals surface area contributed by atoms with Crippen molar-refractivity contribution in [3.8, 4) is 0 Å². The number of nitrogens with one attached hydrogen (secondary N) is 1. The van der Waals surface area contributed by atoms with Gasteiger partial charge in [-0.25, -0.2) is 13.1 Å². The van der Waals surface area contributed by atoms with E-state index in [1.807, 2.05) is 19.1 Å². The summed E-state index contributed by atoms with van der Waals surface area (Å²) in [6, 6.07) is 6.98. The number of aliphatic hydroxyl groups is 1. The van der Waals surface area contributed by atoms with Gasteiger partial charge in [0.1, 0.15) is 0 Å². The van der Waals surface area contributed by atoms with Gasteiger partial charge in [-0.3, -0.25) is 0 Å². The average molecular weight is 311 g/mol. The SMILES string of the molecule is CCc1ccc(S(=O)(=O)NCC2(CO)CCCCC2)cc1. The van der Waals surface area contributed by atoms with Gasteiger partial charge in [-0.1, -0.05) is 38.3 Å². The van der Waals surface area contributed by atoms with Gasteiger partial charge in [0.15, 0.2) is 0 Å². The van der Waals surface area contributed by atoms with E-state index in [1.165, 1.54) is 6.42 Å². The van der Waals surface area contributed by atoms with Crippen LogP contribution in [-0.4, -0.2) is 26.7 Å². The molecule has 0 unspecified atom stereocenters. The molecule has 1 aromatic rings. The molecule has 0 radical (unpaired) electrons. The van der Waals surface area contributed by atoms with Crippen molar-refractivity contribution in [2.45, 2.75) is 50.3 Å². The van der Waals surface area contributed by atoms with E-state index < -0.39 is 10.0 Å². The highest BCUT2D eigenvalue weighted by atomic mass is 32.2. The molecule has 2 N–H and O–H groups in total. The summed E-state index contributed by atoms with van der Waals surface area (Å²) in [5, 5.41) is 9.64. The highest BCUT2D eigenvalue weighted by Gasteiger charge is 2.32. The number of aryl methyl sites for hydroxylation is 1. The van der Waals surface area contributed by atoms with Crippen LogP contribution in [0.5, 0.6) is 0 Å². The lowest BCUT2D eigenvalue weighted by Gasteiger charge is -2.35. The van der Waals surface area contributed by atoms with Gasteiger partial charge >= 0.3 is 0 Å². The molecule has 0 aliphatic heterocycles. The van der Waals surface area contributed by atoms with Crippen LogP contribution >= 0.6 is 0 Å². The molecule has 21 heavy (non-hydrogen) atoms. The predicted molar refractivity (Wildman–Crippen MR) is 83.6 cm³/mol. The Bertz CT molecular complexity index is 545. The summed E-state index contributed by atoms with van der Waals surface area (Å²) in [4.78, 5) is 0.295. The Hall–Kier alpha value is -0.910. The fraction of sp³-hybridized carbons (Fsp3) is 0.625. The zero-order valence-corrected chi connectivity index (χ0v) is 13.5. The van der Waals surface area contributed by atoms with Crippen molar-refractivity contribution in [3.63, 3.8) is 0 Å². The molecule has 0 amide bonds. The first-order valence-electron chi connectivity index (χ1n) is 7.71.